The van der Waals surface area contributed by atoms with Crippen LogP contribution in [0.3, 0.4) is 0 Å². The summed E-state index contributed by atoms with van der Waals surface area (Å²) in [5, 5.41) is 0. The molecule has 0 radical (unpaired) electrons. The molecule has 1 saturated heterocycles. The maximum absolute atomic E-state index is 13.3. The van der Waals surface area contributed by atoms with Gasteiger partial charge in [-0.3, -0.25) is 14.4 Å². The Labute approximate surface area is 184 Å². The molecule has 3 amide bonds. The summed E-state index contributed by atoms with van der Waals surface area (Å²) in [5.74, 6) is -1.36. The van der Waals surface area contributed by atoms with Crippen LogP contribution in [0.2, 0.25) is 0 Å². The lowest BCUT2D eigenvalue weighted by Crippen LogP contribution is -2.46. The van der Waals surface area contributed by atoms with Crippen LogP contribution in [0.15, 0.2) is 53.0 Å². The van der Waals surface area contributed by atoms with Crippen molar-refractivity contribution < 1.29 is 18.8 Å². The van der Waals surface area contributed by atoms with Crippen molar-refractivity contribution in [3.05, 3.63) is 64.4 Å². The lowest BCUT2D eigenvalue weighted by Gasteiger charge is -2.30. The fourth-order valence-corrected chi connectivity index (χ4v) is 3.70. The molecule has 2 aromatic rings. The van der Waals surface area contributed by atoms with E-state index in [1.54, 1.807) is 36.4 Å². The molecule has 0 aliphatic carbocycles. The summed E-state index contributed by atoms with van der Waals surface area (Å²) in [5.41, 5.74) is 0.886. The third kappa shape index (κ3) is 5.14. The first-order valence-electron chi connectivity index (χ1n) is 9.71. The predicted molar refractivity (Wildman–Crippen MR) is 116 cm³/mol. The van der Waals surface area contributed by atoms with Crippen molar-refractivity contribution in [1.82, 2.24) is 4.90 Å². The normalized spacial score (nSPS) is 16.8. The molecule has 7 heteroatoms. The number of benzene rings is 2. The van der Waals surface area contributed by atoms with E-state index in [2.05, 4.69) is 15.9 Å². The number of imide groups is 1. The Morgan fingerprint density at radius 3 is 2.27 bits per heavy atom. The summed E-state index contributed by atoms with van der Waals surface area (Å²) in [4.78, 5) is 41.6. The van der Waals surface area contributed by atoms with Crippen LogP contribution in [0.25, 0.3) is 0 Å². The van der Waals surface area contributed by atoms with Gasteiger partial charge in [0, 0.05) is 17.4 Å². The Hall–Kier alpha value is -2.54. The van der Waals surface area contributed by atoms with Crippen LogP contribution < -0.4 is 4.90 Å². The number of hydrogen-bond acceptors (Lipinski definition) is 3. The zero-order valence-corrected chi connectivity index (χ0v) is 18.8. The van der Waals surface area contributed by atoms with Gasteiger partial charge in [-0.25, -0.2) is 9.29 Å². The van der Waals surface area contributed by atoms with E-state index < -0.39 is 11.9 Å². The highest BCUT2D eigenvalue weighted by molar-refractivity contribution is 9.10. The summed E-state index contributed by atoms with van der Waals surface area (Å²) in [6.07, 6.45) is 0.149. The molecule has 2 aromatic carbocycles. The van der Waals surface area contributed by atoms with E-state index >= 15 is 0 Å². The molecule has 30 heavy (non-hydrogen) atoms. The molecule has 1 unspecified atom stereocenters. The number of anilines is 1. The maximum atomic E-state index is 13.3. The Morgan fingerprint density at radius 2 is 1.70 bits per heavy atom. The Kier molecular flexibility index (Phi) is 6.41. The van der Waals surface area contributed by atoms with E-state index in [0.29, 0.717) is 11.3 Å². The van der Waals surface area contributed by atoms with E-state index in [4.69, 9.17) is 0 Å². The van der Waals surface area contributed by atoms with Gasteiger partial charge < -0.3 is 4.90 Å². The SMILES string of the molecule is CC(C)(C)CC(=O)N(Cc1ccc(F)cc1)C1CC(=O)N(c2ccc(Br)cc2)C1=O. The van der Waals surface area contributed by atoms with Crippen molar-refractivity contribution in [2.24, 2.45) is 5.41 Å². The molecule has 0 N–H and O–H groups in total. The third-order valence-corrected chi connectivity index (χ3v) is 5.38. The summed E-state index contributed by atoms with van der Waals surface area (Å²) < 4.78 is 14.1. The fraction of sp³-hybridized carbons (Fsp3) is 0.348. The number of rotatable bonds is 5. The minimum atomic E-state index is -0.888. The van der Waals surface area contributed by atoms with Crippen molar-refractivity contribution in [2.75, 3.05) is 4.90 Å². The summed E-state index contributed by atoms with van der Waals surface area (Å²) in [7, 11) is 0. The first kappa shape index (κ1) is 22.2. The summed E-state index contributed by atoms with van der Waals surface area (Å²) in [6.45, 7) is 5.96. The van der Waals surface area contributed by atoms with Crippen molar-refractivity contribution in [3.8, 4) is 0 Å². The number of carbonyl (C=O) groups excluding carboxylic acids is 3. The molecule has 5 nitrogen and oxygen atoms in total. The average Bonchev–Trinajstić information content (AvgIpc) is 2.94. The molecule has 0 aromatic heterocycles. The van der Waals surface area contributed by atoms with Gasteiger partial charge in [0.1, 0.15) is 11.9 Å². The summed E-state index contributed by atoms with van der Waals surface area (Å²) >= 11 is 3.34. The Morgan fingerprint density at radius 1 is 1.10 bits per heavy atom. The molecule has 1 heterocycles. The van der Waals surface area contributed by atoms with Gasteiger partial charge in [0.25, 0.3) is 5.91 Å². The lowest BCUT2D eigenvalue weighted by atomic mass is 9.91. The number of hydrogen-bond donors (Lipinski definition) is 0. The molecule has 1 aliphatic heterocycles. The highest BCUT2D eigenvalue weighted by Gasteiger charge is 2.44. The molecule has 158 valence electrons. The van der Waals surface area contributed by atoms with Crippen molar-refractivity contribution >= 4 is 39.3 Å². The monoisotopic (exact) mass is 474 g/mol. The molecule has 3 rings (SSSR count). The predicted octanol–water partition coefficient (Wildman–Crippen LogP) is 4.69. The molecule has 0 spiro atoms. The average molecular weight is 475 g/mol. The lowest BCUT2D eigenvalue weighted by molar-refractivity contribution is -0.140. The molecular formula is C23H24BrFN2O3. The molecule has 1 atom stereocenters. The molecule has 1 fully saturated rings. The smallest absolute Gasteiger partial charge is 0.257 e. The second kappa shape index (κ2) is 8.68. The fourth-order valence-electron chi connectivity index (χ4n) is 3.43. The van der Waals surface area contributed by atoms with Gasteiger partial charge in [0.05, 0.1) is 12.1 Å². The largest absolute Gasteiger partial charge is 0.326 e. The van der Waals surface area contributed by atoms with Crippen LogP contribution in [0, 0.1) is 11.2 Å². The minimum Gasteiger partial charge on any atom is -0.326 e. The second-order valence-electron chi connectivity index (χ2n) is 8.65. The zero-order chi connectivity index (χ0) is 22.1. The van der Waals surface area contributed by atoms with Gasteiger partial charge in [-0.05, 0) is 47.4 Å². The highest BCUT2D eigenvalue weighted by atomic mass is 79.9. The molecule has 0 saturated carbocycles. The maximum Gasteiger partial charge on any atom is 0.257 e. The third-order valence-electron chi connectivity index (χ3n) is 4.85. The minimum absolute atomic E-state index is 0.0774. The van der Waals surface area contributed by atoms with Gasteiger partial charge >= 0.3 is 0 Å². The van der Waals surface area contributed by atoms with E-state index in [0.717, 1.165) is 9.37 Å². The highest BCUT2D eigenvalue weighted by Crippen LogP contribution is 2.30. The molecule has 0 bridgehead atoms. The van der Waals surface area contributed by atoms with Crippen LogP contribution in [0.1, 0.15) is 39.2 Å². The quantitative estimate of drug-likeness (QED) is 0.590. The Bertz CT molecular complexity index is 952. The molecule has 1 aliphatic rings. The van der Waals surface area contributed by atoms with Gasteiger partial charge in [-0.2, -0.15) is 0 Å². The van der Waals surface area contributed by atoms with Gasteiger partial charge in [-0.15, -0.1) is 0 Å². The van der Waals surface area contributed by atoms with E-state index in [1.165, 1.54) is 17.0 Å². The number of halogens is 2. The van der Waals surface area contributed by atoms with Crippen LogP contribution in [0.4, 0.5) is 10.1 Å². The molecular weight excluding hydrogens is 451 g/mol. The standard InChI is InChI=1S/C23H24BrFN2O3/c1-23(2,3)13-21(29)26(14-15-4-8-17(25)9-5-15)19-12-20(28)27(22(19)30)18-10-6-16(24)7-11-18/h4-11,19H,12-14H2,1-3H3. The van der Waals surface area contributed by atoms with Crippen LogP contribution in [-0.4, -0.2) is 28.7 Å². The van der Waals surface area contributed by atoms with Crippen molar-refractivity contribution in [3.63, 3.8) is 0 Å². The van der Waals surface area contributed by atoms with Crippen LogP contribution in [0.5, 0.6) is 0 Å². The zero-order valence-electron chi connectivity index (χ0n) is 17.2. The van der Waals surface area contributed by atoms with E-state index in [9.17, 15) is 18.8 Å². The summed E-state index contributed by atoms with van der Waals surface area (Å²) in [6, 6.07) is 11.8. The topological polar surface area (TPSA) is 57.7 Å². The van der Waals surface area contributed by atoms with Gasteiger partial charge in [0.15, 0.2) is 0 Å². The second-order valence-corrected chi connectivity index (χ2v) is 9.56. The number of carbonyl (C=O) groups is 3. The Balaban J connectivity index is 1.90. The van der Waals surface area contributed by atoms with Gasteiger partial charge in [0.2, 0.25) is 11.8 Å². The number of amides is 3. The van der Waals surface area contributed by atoms with Crippen molar-refractivity contribution in [2.45, 2.75) is 46.2 Å². The first-order valence-corrected chi connectivity index (χ1v) is 10.5. The number of nitrogens with zero attached hydrogens (tertiary/aromatic N) is 2. The van der Waals surface area contributed by atoms with Gasteiger partial charge in [-0.1, -0.05) is 48.8 Å². The van der Waals surface area contributed by atoms with Crippen LogP contribution in [-0.2, 0) is 20.9 Å². The van der Waals surface area contributed by atoms with E-state index in [-0.39, 0.29) is 42.4 Å². The first-order chi connectivity index (χ1) is 14.0. The van der Waals surface area contributed by atoms with Crippen LogP contribution >= 0.6 is 15.9 Å². The van der Waals surface area contributed by atoms with Crippen molar-refractivity contribution in [1.29, 1.82) is 0 Å². The van der Waals surface area contributed by atoms with E-state index in [1.807, 2.05) is 20.8 Å².